The van der Waals surface area contributed by atoms with Crippen LogP contribution < -0.4 is 15.5 Å². The fourth-order valence-corrected chi connectivity index (χ4v) is 4.05. The molecule has 0 bridgehead atoms. The number of aromatic amines is 1. The first-order valence-corrected chi connectivity index (χ1v) is 10.7. The molecule has 0 aliphatic carbocycles. The molecule has 168 valence electrons. The highest BCUT2D eigenvalue weighted by molar-refractivity contribution is 5.96. The third kappa shape index (κ3) is 4.57. The molecule has 1 fully saturated rings. The Bertz CT molecular complexity index is 1190. The molecule has 3 heterocycles. The van der Waals surface area contributed by atoms with Crippen molar-refractivity contribution < 1.29 is 14.3 Å². The van der Waals surface area contributed by atoms with Crippen molar-refractivity contribution >= 4 is 33.7 Å². The van der Waals surface area contributed by atoms with Gasteiger partial charge in [0.15, 0.2) is 0 Å². The Kier molecular flexibility index (Phi) is 6.65. The number of pyridine rings is 1. The third-order valence-electron chi connectivity index (χ3n) is 5.68. The minimum Gasteiger partial charge on any atom is -0.491 e. The highest BCUT2D eigenvalue weighted by atomic mass is 16.5. The molecular weight excluding hydrogens is 410 g/mol. The number of carbonyl (C=O) groups excluding carboxylic acids is 1. The fourth-order valence-electron chi connectivity index (χ4n) is 4.05. The van der Waals surface area contributed by atoms with E-state index in [1.807, 2.05) is 4.90 Å². The predicted octanol–water partition coefficient (Wildman–Crippen LogP) is 2.33. The number of nitrogens with one attached hydrogen (secondary N) is 2. The Morgan fingerprint density at radius 2 is 2.25 bits per heavy atom. The van der Waals surface area contributed by atoms with E-state index in [-0.39, 0.29) is 17.3 Å². The average molecular weight is 438 g/mol. The third-order valence-corrected chi connectivity index (χ3v) is 5.68. The number of aromatic nitrogens is 3. The summed E-state index contributed by atoms with van der Waals surface area (Å²) in [5.41, 5.74) is 0.985. The molecule has 0 saturated carbocycles. The quantitative estimate of drug-likeness (QED) is 0.316. The molecule has 9 heteroatoms. The molecule has 0 radical (unpaired) electrons. The lowest BCUT2D eigenvalue weighted by Gasteiger charge is -2.32. The first-order chi connectivity index (χ1) is 15.6. The van der Waals surface area contributed by atoms with E-state index < -0.39 is 0 Å². The minimum atomic E-state index is -0.166. The second-order valence-electron chi connectivity index (χ2n) is 7.83. The number of likely N-dealkylation sites (tertiary alicyclic amines) is 1. The van der Waals surface area contributed by atoms with Crippen LogP contribution in [0.5, 0.6) is 5.75 Å². The van der Waals surface area contributed by atoms with E-state index in [0.29, 0.717) is 59.8 Å². The standard InChI is InChI=1S/C23H27N5O4/c1-3-19(29)28-8-4-5-15(13-28)12-24-22-20-21(30)17-11-16(32-10-9-31-2)6-7-18(17)27-23(20)26-14-25-22/h3,6-7,11,14-15H,1,4-5,8-10,12-13H2,2H3,(H2,24,25,26,27,30)/t15-/m0/s1. The zero-order valence-corrected chi connectivity index (χ0v) is 18.1. The SMILES string of the molecule is C=CC(=O)N1CCC[C@@H](CNc2ncnc3[nH]c4ccc(OCCOC)cc4c(=O)c23)C1. The Balaban J connectivity index is 1.59. The molecule has 1 atom stereocenters. The molecule has 0 spiro atoms. The van der Waals surface area contributed by atoms with Crippen molar-refractivity contribution in [1.82, 2.24) is 19.9 Å². The molecule has 3 aromatic rings. The van der Waals surface area contributed by atoms with Crippen LogP contribution in [-0.2, 0) is 9.53 Å². The van der Waals surface area contributed by atoms with Crippen molar-refractivity contribution in [2.75, 3.05) is 45.3 Å². The van der Waals surface area contributed by atoms with Crippen LogP contribution in [0.1, 0.15) is 12.8 Å². The highest BCUT2D eigenvalue weighted by Crippen LogP contribution is 2.23. The summed E-state index contributed by atoms with van der Waals surface area (Å²) in [4.78, 5) is 38.9. The minimum absolute atomic E-state index is 0.0476. The maximum atomic E-state index is 13.3. The van der Waals surface area contributed by atoms with Gasteiger partial charge >= 0.3 is 0 Å². The van der Waals surface area contributed by atoms with Crippen LogP contribution in [0.4, 0.5) is 5.82 Å². The van der Waals surface area contributed by atoms with Crippen LogP contribution in [0.2, 0.25) is 0 Å². The van der Waals surface area contributed by atoms with Crippen molar-refractivity contribution in [3.63, 3.8) is 0 Å². The fraction of sp³-hybridized carbons (Fsp3) is 0.391. The van der Waals surface area contributed by atoms with Gasteiger partial charge in [0.25, 0.3) is 0 Å². The van der Waals surface area contributed by atoms with E-state index >= 15 is 0 Å². The lowest BCUT2D eigenvalue weighted by atomic mass is 9.98. The van der Waals surface area contributed by atoms with E-state index in [9.17, 15) is 9.59 Å². The van der Waals surface area contributed by atoms with Gasteiger partial charge in [-0.05, 0) is 43.0 Å². The van der Waals surface area contributed by atoms with E-state index in [0.717, 1.165) is 19.4 Å². The van der Waals surface area contributed by atoms with Crippen LogP contribution in [0, 0.1) is 5.92 Å². The van der Waals surface area contributed by atoms with Gasteiger partial charge in [-0.1, -0.05) is 6.58 Å². The van der Waals surface area contributed by atoms with E-state index in [1.165, 1.54) is 12.4 Å². The number of piperidine rings is 1. The number of benzene rings is 1. The normalized spacial score (nSPS) is 16.3. The topological polar surface area (TPSA) is 109 Å². The van der Waals surface area contributed by atoms with E-state index in [4.69, 9.17) is 9.47 Å². The summed E-state index contributed by atoms with van der Waals surface area (Å²) in [6.07, 6.45) is 4.72. The average Bonchev–Trinajstić information content (AvgIpc) is 2.83. The van der Waals surface area contributed by atoms with Crippen LogP contribution in [-0.4, -0.2) is 65.7 Å². The van der Waals surface area contributed by atoms with Gasteiger partial charge in [0.1, 0.15) is 35.5 Å². The Labute approximate surface area is 185 Å². The summed E-state index contributed by atoms with van der Waals surface area (Å²) in [5, 5.41) is 4.23. The summed E-state index contributed by atoms with van der Waals surface area (Å²) in [7, 11) is 1.61. The van der Waals surface area contributed by atoms with Gasteiger partial charge in [-0.2, -0.15) is 0 Å². The van der Waals surface area contributed by atoms with Crippen molar-refractivity contribution in [2.45, 2.75) is 12.8 Å². The summed E-state index contributed by atoms with van der Waals surface area (Å²) in [6.45, 7) is 6.44. The molecular formula is C23H27N5O4. The number of hydrogen-bond acceptors (Lipinski definition) is 7. The van der Waals surface area contributed by atoms with Crippen molar-refractivity contribution in [2.24, 2.45) is 5.92 Å². The Morgan fingerprint density at radius 3 is 3.06 bits per heavy atom. The maximum absolute atomic E-state index is 13.3. The number of anilines is 1. The lowest BCUT2D eigenvalue weighted by molar-refractivity contribution is -0.127. The van der Waals surface area contributed by atoms with Gasteiger partial charge in [-0.25, -0.2) is 9.97 Å². The summed E-state index contributed by atoms with van der Waals surface area (Å²) in [6, 6.07) is 5.33. The van der Waals surface area contributed by atoms with Gasteiger partial charge in [0.2, 0.25) is 11.3 Å². The lowest BCUT2D eigenvalue weighted by Crippen LogP contribution is -2.41. The zero-order valence-electron chi connectivity index (χ0n) is 18.1. The summed E-state index contributed by atoms with van der Waals surface area (Å²) in [5.74, 6) is 1.29. The zero-order chi connectivity index (χ0) is 22.5. The van der Waals surface area contributed by atoms with Crippen LogP contribution in [0.15, 0.2) is 42.0 Å². The number of nitrogens with zero attached hydrogens (tertiary/aromatic N) is 3. The summed E-state index contributed by atoms with van der Waals surface area (Å²) < 4.78 is 10.7. The van der Waals surface area contributed by atoms with Crippen LogP contribution in [0.3, 0.4) is 0 Å². The number of fused-ring (bicyclic) bond motifs is 2. The molecule has 0 unspecified atom stereocenters. The van der Waals surface area contributed by atoms with Gasteiger partial charge in [0.05, 0.1) is 17.5 Å². The van der Waals surface area contributed by atoms with Crippen molar-refractivity contribution in [3.8, 4) is 5.75 Å². The second-order valence-corrected chi connectivity index (χ2v) is 7.83. The Hall–Kier alpha value is -3.46. The molecule has 1 saturated heterocycles. The van der Waals surface area contributed by atoms with Crippen molar-refractivity contribution in [1.29, 1.82) is 0 Å². The molecule has 1 aromatic carbocycles. The Morgan fingerprint density at radius 1 is 1.38 bits per heavy atom. The van der Waals surface area contributed by atoms with Gasteiger partial charge in [-0.3, -0.25) is 9.59 Å². The number of rotatable bonds is 8. The number of hydrogen-bond donors (Lipinski definition) is 2. The molecule has 32 heavy (non-hydrogen) atoms. The van der Waals surface area contributed by atoms with Crippen molar-refractivity contribution in [3.05, 3.63) is 47.4 Å². The number of amides is 1. The number of ether oxygens (including phenoxy) is 2. The molecule has 9 nitrogen and oxygen atoms in total. The predicted molar refractivity (Wildman–Crippen MR) is 123 cm³/mol. The molecule has 1 aliphatic rings. The van der Waals surface area contributed by atoms with Crippen LogP contribution >= 0.6 is 0 Å². The molecule has 1 amide bonds. The first kappa shape index (κ1) is 21.8. The van der Waals surface area contributed by atoms with Gasteiger partial charge in [0, 0.05) is 26.7 Å². The molecule has 1 aliphatic heterocycles. The number of H-pyrrole nitrogens is 1. The largest absolute Gasteiger partial charge is 0.491 e. The van der Waals surface area contributed by atoms with Crippen LogP contribution in [0.25, 0.3) is 21.9 Å². The number of carbonyl (C=O) groups is 1. The number of methoxy groups -OCH3 is 1. The second kappa shape index (κ2) is 9.78. The molecule has 4 rings (SSSR count). The molecule has 2 N–H and O–H groups in total. The van der Waals surface area contributed by atoms with E-state index in [2.05, 4.69) is 26.8 Å². The van der Waals surface area contributed by atoms with E-state index in [1.54, 1.807) is 25.3 Å². The smallest absolute Gasteiger partial charge is 0.245 e. The highest BCUT2D eigenvalue weighted by Gasteiger charge is 2.22. The monoisotopic (exact) mass is 437 g/mol. The summed E-state index contributed by atoms with van der Waals surface area (Å²) >= 11 is 0. The molecule has 2 aromatic heterocycles. The van der Waals surface area contributed by atoms with Gasteiger partial charge in [-0.15, -0.1) is 0 Å². The first-order valence-electron chi connectivity index (χ1n) is 10.7. The van der Waals surface area contributed by atoms with Gasteiger partial charge < -0.3 is 24.7 Å². The maximum Gasteiger partial charge on any atom is 0.245 e.